The van der Waals surface area contributed by atoms with Gasteiger partial charge < -0.3 is 19.1 Å². The number of benzene rings is 1. The second-order valence-electron chi connectivity index (χ2n) is 4.88. The van der Waals surface area contributed by atoms with Gasteiger partial charge in [-0.15, -0.1) is 0 Å². The molecule has 0 spiro atoms. The van der Waals surface area contributed by atoms with Crippen molar-refractivity contribution in [2.24, 2.45) is 0 Å². The van der Waals surface area contributed by atoms with Gasteiger partial charge in [0.25, 0.3) is 0 Å². The Morgan fingerprint density at radius 3 is 2.67 bits per heavy atom. The first-order valence-corrected chi connectivity index (χ1v) is 7.09. The van der Waals surface area contributed by atoms with Gasteiger partial charge >= 0.3 is 0 Å². The van der Waals surface area contributed by atoms with E-state index in [0.29, 0.717) is 18.0 Å². The summed E-state index contributed by atoms with van der Waals surface area (Å²) < 4.78 is 12.5. The van der Waals surface area contributed by atoms with Crippen LogP contribution in [-0.4, -0.2) is 28.9 Å². The van der Waals surface area contributed by atoms with Crippen LogP contribution in [0.1, 0.15) is 30.8 Å². The quantitative estimate of drug-likeness (QED) is 0.851. The first-order valence-electron chi connectivity index (χ1n) is 7.09. The second kappa shape index (κ2) is 7.13. The van der Waals surface area contributed by atoms with Crippen LogP contribution in [-0.2, 0) is 13.0 Å². The molecule has 1 N–H and O–H groups in total. The predicted octanol–water partition coefficient (Wildman–Crippen LogP) is 2.59. The fourth-order valence-electron chi connectivity index (χ4n) is 2.31. The lowest BCUT2D eigenvalue weighted by atomic mass is 10.1. The van der Waals surface area contributed by atoms with Gasteiger partial charge in [0.1, 0.15) is 5.82 Å². The average molecular weight is 290 g/mol. The number of aliphatic hydroxyl groups is 1. The monoisotopic (exact) mass is 290 g/mol. The predicted molar refractivity (Wildman–Crippen MR) is 80.7 cm³/mol. The van der Waals surface area contributed by atoms with E-state index < -0.39 is 6.10 Å². The van der Waals surface area contributed by atoms with E-state index in [9.17, 15) is 5.11 Å². The third kappa shape index (κ3) is 3.55. The molecule has 2 rings (SSSR count). The highest BCUT2D eigenvalue weighted by Gasteiger charge is 2.13. The molecule has 2 aromatic rings. The summed E-state index contributed by atoms with van der Waals surface area (Å²) in [6, 6.07) is 5.46. The van der Waals surface area contributed by atoms with Crippen molar-refractivity contribution in [3.05, 3.63) is 42.0 Å². The Labute approximate surface area is 125 Å². The van der Waals surface area contributed by atoms with E-state index in [4.69, 9.17) is 9.47 Å². The summed E-state index contributed by atoms with van der Waals surface area (Å²) in [6.45, 7) is 2.59. The molecule has 1 atom stereocenters. The van der Waals surface area contributed by atoms with Crippen molar-refractivity contribution in [1.29, 1.82) is 0 Å². The normalized spacial score (nSPS) is 12.2. The molecule has 1 aromatic heterocycles. The second-order valence-corrected chi connectivity index (χ2v) is 4.88. The van der Waals surface area contributed by atoms with Crippen LogP contribution >= 0.6 is 0 Å². The van der Waals surface area contributed by atoms with E-state index in [2.05, 4.69) is 11.9 Å². The van der Waals surface area contributed by atoms with Crippen LogP contribution in [0.25, 0.3) is 0 Å². The lowest BCUT2D eigenvalue weighted by molar-refractivity contribution is 0.154. The van der Waals surface area contributed by atoms with Gasteiger partial charge in [-0.3, -0.25) is 0 Å². The number of hydrogen-bond donors (Lipinski definition) is 1. The summed E-state index contributed by atoms with van der Waals surface area (Å²) in [6.07, 6.45) is 4.99. The molecule has 0 bridgehead atoms. The van der Waals surface area contributed by atoms with Gasteiger partial charge in [0, 0.05) is 18.8 Å². The van der Waals surface area contributed by atoms with Crippen LogP contribution < -0.4 is 9.47 Å². The van der Waals surface area contributed by atoms with E-state index in [1.54, 1.807) is 32.5 Å². The highest BCUT2D eigenvalue weighted by Crippen LogP contribution is 2.30. The zero-order valence-corrected chi connectivity index (χ0v) is 12.7. The van der Waals surface area contributed by atoms with Gasteiger partial charge in [-0.2, -0.15) is 0 Å². The Morgan fingerprint density at radius 2 is 2.00 bits per heavy atom. The number of methoxy groups -OCH3 is 2. The summed E-state index contributed by atoms with van der Waals surface area (Å²) in [7, 11) is 3.18. The van der Waals surface area contributed by atoms with Crippen LogP contribution in [0.5, 0.6) is 11.5 Å². The highest BCUT2D eigenvalue weighted by molar-refractivity contribution is 5.43. The number of aryl methyl sites for hydroxylation is 1. The maximum atomic E-state index is 10.4. The molecule has 0 aliphatic carbocycles. The lowest BCUT2D eigenvalue weighted by Gasteiger charge is -2.16. The highest BCUT2D eigenvalue weighted by atomic mass is 16.5. The Balaban J connectivity index is 2.16. The molecule has 114 valence electrons. The zero-order chi connectivity index (χ0) is 15.2. The van der Waals surface area contributed by atoms with Gasteiger partial charge in [0.2, 0.25) is 0 Å². The van der Waals surface area contributed by atoms with Crippen LogP contribution in [0.3, 0.4) is 0 Å². The van der Waals surface area contributed by atoms with Crippen molar-refractivity contribution in [2.75, 3.05) is 14.2 Å². The molecular weight excluding hydrogens is 268 g/mol. The molecular formula is C16H22N2O3. The largest absolute Gasteiger partial charge is 0.493 e. The lowest BCUT2D eigenvalue weighted by Crippen LogP contribution is -2.11. The SMILES string of the molecule is CCCc1nccn1CC(O)c1ccc(OC)c(OC)c1. The van der Waals surface area contributed by atoms with Crippen molar-refractivity contribution < 1.29 is 14.6 Å². The Bertz CT molecular complexity index is 581. The Hall–Kier alpha value is -2.01. The number of aliphatic hydroxyl groups excluding tert-OH is 1. The van der Waals surface area contributed by atoms with E-state index in [1.165, 1.54) is 0 Å². The minimum atomic E-state index is -0.616. The van der Waals surface area contributed by atoms with Gasteiger partial charge in [-0.05, 0) is 24.1 Å². The fourth-order valence-corrected chi connectivity index (χ4v) is 2.31. The van der Waals surface area contributed by atoms with Gasteiger partial charge in [-0.1, -0.05) is 13.0 Å². The maximum Gasteiger partial charge on any atom is 0.161 e. The number of nitrogens with zero attached hydrogens (tertiary/aromatic N) is 2. The zero-order valence-electron chi connectivity index (χ0n) is 12.7. The molecule has 0 fully saturated rings. The Morgan fingerprint density at radius 1 is 1.24 bits per heavy atom. The minimum Gasteiger partial charge on any atom is -0.493 e. The number of aromatic nitrogens is 2. The number of imidazole rings is 1. The van der Waals surface area contributed by atoms with Gasteiger partial charge in [-0.25, -0.2) is 4.98 Å². The van der Waals surface area contributed by atoms with E-state index in [1.807, 2.05) is 16.8 Å². The summed E-state index contributed by atoms with van der Waals surface area (Å²) in [4.78, 5) is 4.32. The minimum absolute atomic E-state index is 0.477. The standard InChI is InChI=1S/C16H22N2O3/c1-4-5-16-17-8-9-18(16)11-13(19)12-6-7-14(20-2)15(10-12)21-3/h6-10,13,19H,4-5,11H2,1-3H3. The topological polar surface area (TPSA) is 56.5 Å². The maximum absolute atomic E-state index is 10.4. The summed E-state index contributed by atoms with van der Waals surface area (Å²) >= 11 is 0. The molecule has 1 aromatic carbocycles. The first kappa shape index (κ1) is 15.4. The van der Waals surface area contributed by atoms with E-state index in [-0.39, 0.29) is 0 Å². The van der Waals surface area contributed by atoms with Crippen molar-refractivity contribution in [3.8, 4) is 11.5 Å². The fraction of sp³-hybridized carbons (Fsp3) is 0.438. The van der Waals surface area contributed by atoms with Gasteiger partial charge in [0.05, 0.1) is 26.9 Å². The molecule has 0 saturated carbocycles. The number of rotatable bonds is 7. The molecule has 0 amide bonds. The molecule has 0 saturated heterocycles. The van der Waals surface area contributed by atoms with Crippen LogP contribution in [0.2, 0.25) is 0 Å². The smallest absolute Gasteiger partial charge is 0.161 e. The van der Waals surface area contributed by atoms with E-state index in [0.717, 1.165) is 24.2 Å². The van der Waals surface area contributed by atoms with E-state index >= 15 is 0 Å². The van der Waals surface area contributed by atoms with Crippen molar-refractivity contribution in [3.63, 3.8) is 0 Å². The van der Waals surface area contributed by atoms with Crippen LogP contribution in [0, 0.1) is 0 Å². The molecule has 5 nitrogen and oxygen atoms in total. The summed E-state index contributed by atoms with van der Waals surface area (Å²) in [5, 5.41) is 10.4. The molecule has 1 unspecified atom stereocenters. The van der Waals surface area contributed by atoms with Gasteiger partial charge in [0.15, 0.2) is 11.5 Å². The molecule has 1 heterocycles. The molecule has 5 heteroatoms. The molecule has 0 radical (unpaired) electrons. The van der Waals surface area contributed by atoms with Crippen molar-refractivity contribution in [2.45, 2.75) is 32.4 Å². The number of ether oxygens (including phenoxy) is 2. The number of hydrogen-bond acceptors (Lipinski definition) is 4. The summed E-state index contributed by atoms with van der Waals surface area (Å²) in [5.41, 5.74) is 0.795. The molecule has 0 aliphatic heterocycles. The third-order valence-electron chi connectivity index (χ3n) is 3.44. The van der Waals surface area contributed by atoms with Crippen LogP contribution in [0.15, 0.2) is 30.6 Å². The molecule has 21 heavy (non-hydrogen) atoms. The van der Waals surface area contributed by atoms with Crippen molar-refractivity contribution in [1.82, 2.24) is 9.55 Å². The molecule has 0 aliphatic rings. The van der Waals surface area contributed by atoms with Crippen molar-refractivity contribution >= 4 is 0 Å². The Kier molecular flexibility index (Phi) is 5.22. The first-order chi connectivity index (χ1) is 10.2. The third-order valence-corrected chi connectivity index (χ3v) is 3.44. The average Bonchev–Trinajstić information content (AvgIpc) is 2.94. The van der Waals surface area contributed by atoms with Crippen LogP contribution in [0.4, 0.5) is 0 Å². The summed E-state index contributed by atoms with van der Waals surface area (Å²) in [5.74, 6) is 2.27.